The summed E-state index contributed by atoms with van der Waals surface area (Å²) in [6, 6.07) is 6.96. The molecule has 2 rings (SSSR count). The van der Waals surface area contributed by atoms with Crippen molar-refractivity contribution in [2.45, 2.75) is 6.92 Å². The first-order chi connectivity index (χ1) is 9.02. The SMILES string of the molecule is Cc1cccc(Cl)c1Nn1cc(C#N)c(=O)[nH]c1=O. The summed E-state index contributed by atoms with van der Waals surface area (Å²) >= 11 is 6.02. The van der Waals surface area contributed by atoms with Gasteiger partial charge in [-0.15, -0.1) is 0 Å². The number of nitrogens with one attached hydrogen (secondary N) is 2. The summed E-state index contributed by atoms with van der Waals surface area (Å²) in [6.45, 7) is 1.82. The van der Waals surface area contributed by atoms with Crippen LogP contribution in [0.15, 0.2) is 34.0 Å². The summed E-state index contributed by atoms with van der Waals surface area (Å²) in [5.74, 6) is 0. The molecule has 0 fully saturated rings. The lowest BCUT2D eigenvalue weighted by Crippen LogP contribution is -2.34. The number of rotatable bonds is 2. The molecular weight excluding hydrogens is 268 g/mol. The van der Waals surface area contributed by atoms with E-state index in [1.807, 2.05) is 18.0 Å². The molecule has 0 bridgehead atoms. The van der Waals surface area contributed by atoms with E-state index in [2.05, 4.69) is 5.43 Å². The van der Waals surface area contributed by atoms with Crippen LogP contribution in [0.25, 0.3) is 0 Å². The van der Waals surface area contributed by atoms with Crippen molar-refractivity contribution >= 4 is 17.3 Å². The number of aryl methyl sites for hydroxylation is 1. The Balaban J connectivity index is 2.54. The van der Waals surface area contributed by atoms with Gasteiger partial charge in [-0.25, -0.2) is 9.47 Å². The summed E-state index contributed by atoms with van der Waals surface area (Å²) in [5, 5.41) is 9.20. The summed E-state index contributed by atoms with van der Waals surface area (Å²) in [7, 11) is 0. The molecular formula is C12H9ClN4O2. The Kier molecular flexibility index (Phi) is 3.40. The molecule has 0 saturated carbocycles. The Morgan fingerprint density at radius 1 is 1.42 bits per heavy atom. The topological polar surface area (TPSA) is 90.7 Å². The van der Waals surface area contributed by atoms with Gasteiger partial charge < -0.3 is 0 Å². The van der Waals surface area contributed by atoms with Gasteiger partial charge in [-0.2, -0.15) is 5.26 Å². The lowest BCUT2D eigenvalue weighted by atomic mass is 10.2. The third-order valence-corrected chi connectivity index (χ3v) is 2.83. The van der Waals surface area contributed by atoms with Crippen molar-refractivity contribution in [2.75, 3.05) is 5.43 Å². The quantitative estimate of drug-likeness (QED) is 0.863. The van der Waals surface area contributed by atoms with Crippen LogP contribution in [0, 0.1) is 18.3 Å². The van der Waals surface area contributed by atoms with Crippen molar-refractivity contribution in [1.29, 1.82) is 5.26 Å². The van der Waals surface area contributed by atoms with E-state index in [9.17, 15) is 9.59 Å². The van der Waals surface area contributed by atoms with E-state index in [1.165, 1.54) is 0 Å². The minimum absolute atomic E-state index is 0.170. The number of H-pyrrole nitrogens is 1. The van der Waals surface area contributed by atoms with Gasteiger partial charge in [-0.3, -0.25) is 15.2 Å². The van der Waals surface area contributed by atoms with E-state index in [0.29, 0.717) is 10.7 Å². The monoisotopic (exact) mass is 276 g/mol. The average molecular weight is 277 g/mol. The van der Waals surface area contributed by atoms with Crippen LogP contribution < -0.4 is 16.7 Å². The average Bonchev–Trinajstić information content (AvgIpc) is 2.36. The number of anilines is 1. The van der Waals surface area contributed by atoms with Gasteiger partial charge in [0, 0.05) is 0 Å². The van der Waals surface area contributed by atoms with Gasteiger partial charge in [0.05, 0.1) is 16.9 Å². The van der Waals surface area contributed by atoms with Gasteiger partial charge in [-0.05, 0) is 18.6 Å². The Morgan fingerprint density at radius 2 is 2.16 bits per heavy atom. The van der Waals surface area contributed by atoms with Gasteiger partial charge in [0.25, 0.3) is 5.56 Å². The number of hydrogen-bond donors (Lipinski definition) is 2. The number of hydrogen-bond acceptors (Lipinski definition) is 4. The molecule has 0 aliphatic heterocycles. The highest BCUT2D eigenvalue weighted by Gasteiger charge is 2.07. The number of nitriles is 1. The number of aromatic nitrogens is 2. The van der Waals surface area contributed by atoms with Crippen LogP contribution in [-0.2, 0) is 0 Å². The molecule has 0 aliphatic rings. The first-order valence-electron chi connectivity index (χ1n) is 5.31. The second-order valence-electron chi connectivity index (χ2n) is 3.83. The van der Waals surface area contributed by atoms with Crippen LogP contribution in [0.3, 0.4) is 0 Å². The molecule has 1 heterocycles. The van der Waals surface area contributed by atoms with E-state index in [0.717, 1.165) is 16.4 Å². The molecule has 6 nitrogen and oxygen atoms in total. The van der Waals surface area contributed by atoms with E-state index < -0.39 is 11.2 Å². The molecule has 2 N–H and O–H groups in total. The molecule has 1 aromatic heterocycles. The van der Waals surface area contributed by atoms with Crippen LogP contribution in [0.2, 0.25) is 5.02 Å². The maximum absolute atomic E-state index is 11.6. The van der Waals surface area contributed by atoms with E-state index in [4.69, 9.17) is 16.9 Å². The Bertz CT molecular complexity index is 765. The third-order valence-electron chi connectivity index (χ3n) is 2.52. The first-order valence-corrected chi connectivity index (χ1v) is 5.69. The molecule has 2 aromatic rings. The number of para-hydroxylation sites is 1. The third kappa shape index (κ3) is 2.51. The molecule has 0 aliphatic carbocycles. The predicted octanol–water partition coefficient (Wildman–Crippen LogP) is 1.25. The summed E-state index contributed by atoms with van der Waals surface area (Å²) in [5.41, 5.74) is 2.55. The highest BCUT2D eigenvalue weighted by Crippen LogP contribution is 2.24. The van der Waals surface area contributed by atoms with Crippen molar-refractivity contribution in [3.63, 3.8) is 0 Å². The molecule has 0 unspecified atom stereocenters. The first kappa shape index (κ1) is 12.9. The van der Waals surface area contributed by atoms with Crippen molar-refractivity contribution in [2.24, 2.45) is 0 Å². The zero-order chi connectivity index (χ0) is 14.0. The minimum atomic E-state index is -0.721. The summed E-state index contributed by atoms with van der Waals surface area (Å²) in [6.07, 6.45) is 1.13. The zero-order valence-corrected chi connectivity index (χ0v) is 10.7. The Hall–Kier alpha value is -2.52. The van der Waals surface area contributed by atoms with E-state index in [1.54, 1.807) is 18.2 Å². The second kappa shape index (κ2) is 5.00. The number of benzene rings is 1. The van der Waals surface area contributed by atoms with E-state index >= 15 is 0 Å². The van der Waals surface area contributed by atoms with Gasteiger partial charge in [-0.1, -0.05) is 23.7 Å². The number of halogens is 1. The van der Waals surface area contributed by atoms with Crippen LogP contribution in [0.1, 0.15) is 11.1 Å². The lowest BCUT2D eigenvalue weighted by molar-refractivity contribution is 0.825. The molecule has 0 atom stereocenters. The fourth-order valence-electron chi connectivity index (χ4n) is 1.53. The smallest absolute Gasteiger partial charge is 0.289 e. The number of nitrogens with zero attached hydrogens (tertiary/aromatic N) is 2. The van der Waals surface area contributed by atoms with E-state index in [-0.39, 0.29) is 5.56 Å². The van der Waals surface area contributed by atoms with Gasteiger partial charge in [0.2, 0.25) is 0 Å². The molecule has 96 valence electrons. The van der Waals surface area contributed by atoms with Crippen molar-refractivity contribution in [3.8, 4) is 6.07 Å². The number of aromatic amines is 1. The fraction of sp³-hybridized carbons (Fsp3) is 0.0833. The van der Waals surface area contributed by atoms with Gasteiger partial charge in [0.1, 0.15) is 11.6 Å². The molecule has 0 radical (unpaired) electrons. The normalized spacial score (nSPS) is 9.95. The highest BCUT2D eigenvalue weighted by atomic mass is 35.5. The van der Waals surface area contributed by atoms with Crippen molar-refractivity contribution < 1.29 is 0 Å². The van der Waals surface area contributed by atoms with Crippen LogP contribution in [0.4, 0.5) is 5.69 Å². The van der Waals surface area contributed by atoms with Crippen LogP contribution in [0.5, 0.6) is 0 Å². The summed E-state index contributed by atoms with van der Waals surface area (Å²) < 4.78 is 1.01. The second-order valence-corrected chi connectivity index (χ2v) is 4.23. The highest BCUT2D eigenvalue weighted by molar-refractivity contribution is 6.33. The fourth-order valence-corrected chi connectivity index (χ4v) is 1.79. The maximum Gasteiger partial charge on any atom is 0.347 e. The molecule has 0 spiro atoms. The van der Waals surface area contributed by atoms with Crippen LogP contribution >= 0.6 is 11.6 Å². The van der Waals surface area contributed by atoms with Gasteiger partial charge >= 0.3 is 5.69 Å². The predicted molar refractivity (Wildman–Crippen MR) is 71.2 cm³/mol. The molecule has 7 heteroatoms. The van der Waals surface area contributed by atoms with Crippen molar-refractivity contribution in [3.05, 3.63) is 61.4 Å². The molecule has 0 amide bonds. The molecule has 19 heavy (non-hydrogen) atoms. The Labute approximate surface area is 112 Å². The maximum atomic E-state index is 11.6. The van der Waals surface area contributed by atoms with Crippen molar-refractivity contribution in [1.82, 2.24) is 9.66 Å². The van der Waals surface area contributed by atoms with Gasteiger partial charge in [0.15, 0.2) is 0 Å². The van der Waals surface area contributed by atoms with Crippen LogP contribution in [-0.4, -0.2) is 9.66 Å². The minimum Gasteiger partial charge on any atom is -0.289 e. The lowest BCUT2D eigenvalue weighted by Gasteiger charge is -2.12. The zero-order valence-electron chi connectivity index (χ0n) is 9.90. The Morgan fingerprint density at radius 3 is 2.79 bits per heavy atom. The summed E-state index contributed by atoms with van der Waals surface area (Å²) in [4.78, 5) is 24.9. The molecule has 0 saturated heterocycles. The molecule has 1 aromatic carbocycles. The standard InChI is InChI=1S/C12H9ClN4O2/c1-7-3-2-4-9(13)10(7)16-17-6-8(5-14)11(18)15-12(17)19/h2-4,6,16H,1H3,(H,15,18,19). The largest absolute Gasteiger partial charge is 0.347 e.